The molecule has 33 heavy (non-hydrogen) atoms. The van der Waals surface area contributed by atoms with Crippen LogP contribution in [0.3, 0.4) is 0 Å². The number of imidazole rings is 1. The summed E-state index contributed by atoms with van der Waals surface area (Å²) in [5, 5.41) is 21.7. The van der Waals surface area contributed by atoms with Gasteiger partial charge in [0.05, 0.1) is 5.69 Å². The van der Waals surface area contributed by atoms with Gasteiger partial charge in [0.25, 0.3) is 5.91 Å². The van der Waals surface area contributed by atoms with E-state index in [9.17, 15) is 9.90 Å². The monoisotopic (exact) mass is 439 g/mol. The minimum atomic E-state index is -1.98. The van der Waals surface area contributed by atoms with E-state index in [2.05, 4.69) is 20.5 Å². The molecule has 9 heteroatoms. The number of carbonyl (C=O) groups is 1. The Balaban J connectivity index is 1.61. The Morgan fingerprint density at radius 3 is 2.61 bits per heavy atom. The Morgan fingerprint density at radius 1 is 1.09 bits per heavy atom. The van der Waals surface area contributed by atoms with Crippen molar-refractivity contribution in [1.82, 2.24) is 24.6 Å². The summed E-state index contributed by atoms with van der Waals surface area (Å²) in [5.41, 5.74) is 7.29. The molecule has 1 unspecified atom stereocenters. The molecule has 0 bridgehead atoms. The quantitative estimate of drug-likeness (QED) is 0.321. The third kappa shape index (κ3) is 3.60. The van der Waals surface area contributed by atoms with Crippen LogP contribution in [0.4, 0.5) is 11.8 Å². The van der Waals surface area contributed by atoms with Crippen molar-refractivity contribution in [3.05, 3.63) is 95.9 Å². The molecular weight excluding hydrogens is 418 g/mol. The SMILES string of the molecule is Cc1cc(Nc2nc(-c3cccc(C(O)(C(N)=O)c4ccccc4)c3)cc3nccn23)n[nH]1. The first-order valence-corrected chi connectivity index (χ1v) is 10.3. The number of nitrogens with two attached hydrogens (primary N) is 1. The van der Waals surface area contributed by atoms with Gasteiger partial charge in [-0.05, 0) is 24.1 Å². The number of aliphatic hydroxyl groups is 1. The highest BCUT2D eigenvalue weighted by atomic mass is 16.3. The van der Waals surface area contributed by atoms with Crippen molar-refractivity contribution in [3.63, 3.8) is 0 Å². The van der Waals surface area contributed by atoms with Gasteiger partial charge in [-0.25, -0.2) is 9.97 Å². The lowest BCUT2D eigenvalue weighted by molar-refractivity contribution is -0.133. The molecule has 0 aliphatic carbocycles. The van der Waals surface area contributed by atoms with E-state index in [-0.39, 0.29) is 0 Å². The zero-order valence-corrected chi connectivity index (χ0v) is 17.7. The van der Waals surface area contributed by atoms with E-state index in [1.165, 1.54) is 0 Å². The Kier molecular flexibility index (Phi) is 4.87. The molecule has 5 rings (SSSR count). The predicted octanol–water partition coefficient (Wildman–Crippen LogP) is 2.89. The summed E-state index contributed by atoms with van der Waals surface area (Å²) in [4.78, 5) is 21.5. The first-order chi connectivity index (χ1) is 15.9. The number of anilines is 2. The highest BCUT2D eigenvalue weighted by molar-refractivity contribution is 5.89. The van der Waals surface area contributed by atoms with Crippen LogP contribution in [0, 0.1) is 6.92 Å². The van der Waals surface area contributed by atoms with Gasteiger partial charge in [0.1, 0.15) is 5.65 Å². The van der Waals surface area contributed by atoms with Gasteiger partial charge in [-0.3, -0.25) is 14.3 Å². The summed E-state index contributed by atoms with van der Waals surface area (Å²) in [6.45, 7) is 1.91. The largest absolute Gasteiger partial charge is 0.372 e. The van der Waals surface area contributed by atoms with Crippen LogP contribution in [0.5, 0.6) is 0 Å². The molecule has 9 nitrogen and oxygen atoms in total. The Labute approximate surface area is 188 Å². The van der Waals surface area contributed by atoms with Crippen molar-refractivity contribution in [2.75, 3.05) is 5.32 Å². The van der Waals surface area contributed by atoms with Gasteiger partial charge in [-0.2, -0.15) is 5.10 Å². The van der Waals surface area contributed by atoms with Gasteiger partial charge in [0.2, 0.25) is 5.95 Å². The minimum absolute atomic E-state index is 0.348. The highest BCUT2D eigenvalue weighted by Gasteiger charge is 2.38. The van der Waals surface area contributed by atoms with Crippen molar-refractivity contribution < 1.29 is 9.90 Å². The Hall–Kier alpha value is -4.50. The average Bonchev–Trinajstić information content (AvgIpc) is 3.47. The molecule has 0 fully saturated rings. The number of aromatic nitrogens is 5. The van der Waals surface area contributed by atoms with Gasteiger partial charge >= 0.3 is 0 Å². The van der Waals surface area contributed by atoms with Crippen LogP contribution in [0.1, 0.15) is 16.8 Å². The molecule has 5 aromatic rings. The molecule has 5 N–H and O–H groups in total. The second-order valence-electron chi connectivity index (χ2n) is 7.70. The summed E-state index contributed by atoms with van der Waals surface area (Å²) < 4.78 is 1.81. The van der Waals surface area contributed by atoms with Crippen molar-refractivity contribution in [2.24, 2.45) is 5.73 Å². The number of amides is 1. The van der Waals surface area contributed by atoms with Gasteiger partial charge in [-0.1, -0.05) is 48.5 Å². The van der Waals surface area contributed by atoms with Crippen molar-refractivity contribution in [1.29, 1.82) is 0 Å². The Morgan fingerprint density at radius 2 is 1.88 bits per heavy atom. The zero-order chi connectivity index (χ0) is 23.0. The second-order valence-corrected chi connectivity index (χ2v) is 7.70. The molecule has 0 radical (unpaired) electrons. The number of rotatable bonds is 6. The first kappa shape index (κ1) is 20.4. The molecule has 1 amide bonds. The van der Waals surface area contributed by atoms with Crippen LogP contribution in [0.15, 0.2) is 79.1 Å². The fourth-order valence-electron chi connectivity index (χ4n) is 3.79. The summed E-state index contributed by atoms with van der Waals surface area (Å²) >= 11 is 0. The summed E-state index contributed by atoms with van der Waals surface area (Å²) in [6, 6.07) is 19.3. The number of aromatic amines is 1. The molecule has 1 atom stereocenters. The molecule has 3 aromatic heterocycles. The number of carbonyl (C=O) groups excluding carboxylic acids is 1. The van der Waals surface area contributed by atoms with E-state index in [0.717, 1.165) is 5.69 Å². The van der Waals surface area contributed by atoms with E-state index < -0.39 is 11.5 Å². The maximum atomic E-state index is 12.4. The zero-order valence-electron chi connectivity index (χ0n) is 17.7. The molecule has 164 valence electrons. The highest BCUT2D eigenvalue weighted by Crippen LogP contribution is 2.32. The lowest BCUT2D eigenvalue weighted by Crippen LogP contribution is -2.42. The number of primary amides is 1. The Bertz CT molecular complexity index is 1460. The van der Waals surface area contributed by atoms with Crippen LogP contribution in [-0.2, 0) is 10.4 Å². The number of fused-ring (bicyclic) bond motifs is 1. The third-order valence-corrected chi connectivity index (χ3v) is 5.46. The third-order valence-electron chi connectivity index (χ3n) is 5.46. The number of benzene rings is 2. The molecule has 0 aliphatic heterocycles. The number of hydrogen-bond acceptors (Lipinski definition) is 6. The molecule has 0 aliphatic rings. The van der Waals surface area contributed by atoms with Gasteiger partial charge in [0.15, 0.2) is 11.4 Å². The topological polar surface area (TPSA) is 134 Å². The summed E-state index contributed by atoms with van der Waals surface area (Å²) in [6.07, 6.45) is 3.48. The molecule has 0 saturated carbocycles. The standard InChI is InChI=1S/C24H21N7O2/c1-15-12-20(30-29-15)28-23-27-19(14-21-26-10-11-31(21)23)16-6-5-9-18(13-16)24(33,22(25)32)17-7-3-2-4-8-17/h2-14,33H,1H3,(H2,25,32)(H2,27,28,29,30). The molecule has 2 aromatic carbocycles. The van der Waals surface area contributed by atoms with E-state index in [1.54, 1.807) is 65.3 Å². The van der Waals surface area contributed by atoms with Crippen molar-refractivity contribution in [2.45, 2.75) is 12.5 Å². The summed E-state index contributed by atoms with van der Waals surface area (Å²) in [7, 11) is 0. The second kappa shape index (κ2) is 7.88. The number of hydrogen-bond donors (Lipinski definition) is 4. The van der Waals surface area contributed by atoms with E-state index >= 15 is 0 Å². The number of H-pyrrole nitrogens is 1. The molecule has 3 heterocycles. The van der Waals surface area contributed by atoms with Crippen LogP contribution in [-0.4, -0.2) is 35.6 Å². The maximum absolute atomic E-state index is 12.4. The van der Waals surface area contributed by atoms with Crippen LogP contribution < -0.4 is 11.1 Å². The normalized spacial score (nSPS) is 13.0. The van der Waals surface area contributed by atoms with Gasteiger partial charge in [-0.15, -0.1) is 0 Å². The van der Waals surface area contributed by atoms with Crippen LogP contribution in [0.2, 0.25) is 0 Å². The lowest BCUT2D eigenvalue weighted by Gasteiger charge is -2.26. The summed E-state index contributed by atoms with van der Waals surface area (Å²) in [5.74, 6) is 0.275. The lowest BCUT2D eigenvalue weighted by atomic mass is 9.85. The van der Waals surface area contributed by atoms with E-state index in [0.29, 0.717) is 39.8 Å². The van der Waals surface area contributed by atoms with E-state index in [4.69, 9.17) is 10.7 Å². The minimum Gasteiger partial charge on any atom is -0.372 e. The van der Waals surface area contributed by atoms with Crippen molar-refractivity contribution in [3.8, 4) is 11.3 Å². The molecular formula is C24H21N7O2. The smallest absolute Gasteiger partial charge is 0.258 e. The molecule has 0 saturated heterocycles. The van der Waals surface area contributed by atoms with Crippen molar-refractivity contribution >= 4 is 23.3 Å². The fraction of sp³-hybridized carbons (Fsp3) is 0.0833. The predicted molar refractivity (Wildman–Crippen MR) is 124 cm³/mol. The molecule has 0 spiro atoms. The number of aryl methyl sites for hydroxylation is 1. The first-order valence-electron chi connectivity index (χ1n) is 10.3. The van der Waals surface area contributed by atoms with Gasteiger partial charge < -0.3 is 16.2 Å². The average molecular weight is 439 g/mol. The fourth-order valence-corrected chi connectivity index (χ4v) is 3.79. The van der Waals surface area contributed by atoms with Gasteiger partial charge in [0, 0.05) is 35.8 Å². The number of nitrogens with one attached hydrogen (secondary N) is 2. The van der Waals surface area contributed by atoms with Crippen LogP contribution in [0.25, 0.3) is 16.9 Å². The van der Waals surface area contributed by atoms with E-state index in [1.807, 2.05) is 25.1 Å². The number of nitrogens with zero attached hydrogens (tertiary/aromatic N) is 4. The maximum Gasteiger partial charge on any atom is 0.258 e. The van der Waals surface area contributed by atoms with Crippen LogP contribution >= 0.6 is 0 Å².